The van der Waals surface area contributed by atoms with E-state index in [0.717, 1.165) is 11.1 Å². The zero-order valence-electron chi connectivity index (χ0n) is 13.7. The van der Waals surface area contributed by atoms with E-state index in [2.05, 4.69) is 22.1 Å². The van der Waals surface area contributed by atoms with Crippen LogP contribution in [0.4, 0.5) is 5.69 Å². The van der Waals surface area contributed by atoms with Crippen molar-refractivity contribution in [1.29, 1.82) is 0 Å². The minimum absolute atomic E-state index is 0.196. The molecule has 1 aliphatic rings. The fourth-order valence-electron chi connectivity index (χ4n) is 2.64. The fourth-order valence-corrected chi connectivity index (χ4v) is 2.64. The molecule has 25 heavy (non-hydrogen) atoms. The molecule has 0 radical (unpaired) electrons. The lowest BCUT2D eigenvalue weighted by Gasteiger charge is -2.03. The van der Waals surface area contributed by atoms with Crippen LogP contribution in [-0.4, -0.2) is 23.9 Å². The Morgan fingerprint density at radius 3 is 2.96 bits per heavy atom. The third-order valence-electron chi connectivity index (χ3n) is 3.79. The van der Waals surface area contributed by atoms with Crippen LogP contribution >= 0.6 is 0 Å². The van der Waals surface area contributed by atoms with Crippen molar-refractivity contribution in [2.45, 2.75) is 12.8 Å². The molecule has 2 aromatic rings. The number of fused-ring (bicyclic) bond motifs is 1. The van der Waals surface area contributed by atoms with Crippen molar-refractivity contribution in [2.24, 2.45) is 5.73 Å². The highest BCUT2D eigenvalue weighted by atomic mass is 16.5. The average molecular weight is 335 g/mol. The van der Waals surface area contributed by atoms with Crippen molar-refractivity contribution in [3.05, 3.63) is 47.3 Å². The van der Waals surface area contributed by atoms with Gasteiger partial charge in [-0.25, -0.2) is 0 Å². The summed E-state index contributed by atoms with van der Waals surface area (Å²) in [6, 6.07) is 7.29. The van der Waals surface area contributed by atoms with Crippen LogP contribution in [0.3, 0.4) is 0 Å². The Hall–Kier alpha value is -3.46. The molecule has 0 saturated heterocycles. The molecule has 0 spiro atoms. The van der Waals surface area contributed by atoms with E-state index in [1.807, 2.05) is 18.2 Å². The monoisotopic (exact) mass is 335 g/mol. The molecule has 2 heterocycles. The standard InChI is InChI=1S/C19H17N3O3/c1-25-16-9-10-21-15(16)11-13-18-12(5-2-3-8-17(20)23)6-4-7-14(18)22-19(13)24/h4,6-7,9-11,21H,3,8H2,1H3,(H2,20,23)(H,22,24). The Labute approximate surface area is 145 Å². The highest BCUT2D eigenvalue weighted by Gasteiger charge is 2.26. The van der Waals surface area contributed by atoms with Crippen molar-refractivity contribution in [2.75, 3.05) is 12.4 Å². The number of benzene rings is 1. The molecule has 6 heteroatoms. The predicted octanol–water partition coefficient (Wildman–Crippen LogP) is 2.13. The number of amides is 2. The van der Waals surface area contributed by atoms with Gasteiger partial charge >= 0.3 is 0 Å². The number of rotatable bonds is 4. The summed E-state index contributed by atoms with van der Waals surface area (Å²) in [5.41, 5.74) is 8.51. The molecule has 0 atom stereocenters. The molecular weight excluding hydrogens is 318 g/mol. The first kappa shape index (κ1) is 16.4. The number of primary amides is 1. The lowest BCUT2D eigenvalue weighted by Crippen LogP contribution is -2.08. The van der Waals surface area contributed by atoms with Gasteiger partial charge in [-0.1, -0.05) is 17.9 Å². The van der Waals surface area contributed by atoms with Crippen LogP contribution in [-0.2, 0) is 9.59 Å². The Morgan fingerprint density at radius 2 is 2.20 bits per heavy atom. The van der Waals surface area contributed by atoms with Gasteiger partial charge in [0.05, 0.1) is 24.1 Å². The number of H-pyrrole nitrogens is 1. The number of aromatic amines is 1. The zero-order chi connectivity index (χ0) is 17.8. The number of ether oxygens (including phenoxy) is 1. The SMILES string of the molecule is COc1cc[nH]c1C=C1C(=O)Nc2cccc(C#CCCC(N)=O)c21. The van der Waals surface area contributed by atoms with Gasteiger partial charge in [0.2, 0.25) is 5.91 Å². The Morgan fingerprint density at radius 1 is 1.36 bits per heavy atom. The molecule has 1 aromatic carbocycles. The van der Waals surface area contributed by atoms with E-state index in [-0.39, 0.29) is 18.2 Å². The summed E-state index contributed by atoms with van der Waals surface area (Å²) < 4.78 is 5.27. The van der Waals surface area contributed by atoms with Gasteiger partial charge in [0, 0.05) is 30.2 Å². The average Bonchev–Trinajstić information content (AvgIpc) is 3.16. The van der Waals surface area contributed by atoms with Crippen molar-refractivity contribution >= 4 is 29.2 Å². The van der Waals surface area contributed by atoms with Crippen molar-refractivity contribution < 1.29 is 14.3 Å². The van der Waals surface area contributed by atoms with Crippen LogP contribution in [0.1, 0.15) is 29.7 Å². The van der Waals surface area contributed by atoms with Gasteiger partial charge < -0.3 is 20.8 Å². The highest BCUT2D eigenvalue weighted by molar-refractivity contribution is 6.35. The van der Waals surface area contributed by atoms with Crippen LogP contribution in [0.2, 0.25) is 0 Å². The van der Waals surface area contributed by atoms with Gasteiger partial charge in [-0.3, -0.25) is 9.59 Å². The van der Waals surface area contributed by atoms with Crippen LogP contribution in [0, 0.1) is 11.8 Å². The van der Waals surface area contributed by atoms with E-state index in [1.54, 1.807) is 25.4 Å². The van der Waals surface area contributed by atoms with Crippen LogP contribution in [0.25, 0.3) is 11.6 Å². The van der Waals surface area contributed by atoms with Crippen LogP contribution < -0.4 is 15.8 Å². The largest absolute Gasteiger partial charge is 0.495 e. The second kappa shape index (κ2) is 6.97. The normalized spacial score (nSPS) is 13.8. The van der Waals surface area contributed by atoms with Gasteiger partial charge in [0.15, 0.2) is 0 Å². The number of methoxy groups -OCH3 is 1. The number of carbonyl (C=O) groups excluding carboxylic acids is 2. The van der Waals surface area contributed by atoms with Gasteiger partial charge in [0.25, 0.3) is 5.91 Å². The maximum Gasteiger partial charge on any atom is 0.256 e. The zero-order valence-corrected chi connectivity index (χ0v) is 13.7. The molecule has 2 amide bonds. The van der Waals surface area contributed by atoms with Gasteiger partial charge in [-0.05, 0) is 24.3 Å². The number of nitrogens with one attached hydrogen (secondary N) is 2. The predicted molar refractivity (Wildman–Crippen MR) is 95.6 cm³/mol. The maximum absolute atomic E-state index is 12.4. The number of hydrogen-bond acceptors (Lipinski definition) is 3. The molecule has 0 bridgehead atoms. The van der Waals surface area contributed by atoms with E-state index in [1.165, 1.54) is 0 Å². The maximum atomic E-state index is 12.4. The first-order valence-corrected chi connectivity index (χ1v) is 7.75. The molecular formula is C19H17N3O3. The van der Waals surface area contributed by atoms with Crippen LogP contribution in [0.15, 0.2) is 30.5 Å². The van der Waals surface area contributed by atoms with Gasteiger partial charge in [-0.2, -0.15) is 0 Å². The van der Waals surface area contributed by atoms with E-state index < -0.39 is 0 Å². The summed E-state index contributed by atoms with van der Waals surface area (Å²) >= 11 is 0. The molecule has 1 aliphatic heterocycles. The quantitative estimate of drug-likeness (QED) is 0.590. The van der Waals surface area contributed by atoms with Crippen molar-refractivity contribution in [3.8, 4) is 17.6 Å². The van der Waals surface area contributed by atoms with Crippen LogP contribution in [0.5, 0.6) is 5.75 Å². The fraction of sp³-hybridized carbons (Fsp3) is 0.158. The second-order valence-electron chi connectivity index (χ2n) is 5.47. The summed E-state index contributed by atoms with van der Waals surface area (Å²) in [7, 11) is 1.57. The molecule has 126 valence electrons. The lowest BCUT2D eigenvalue weighted by atomic mass is 9.99. The highest BCUT2D eigenvalue weighted by Crippen LogP contribution is 2.36. The molecule has 0 fully saturated rings. The first-order valence-electron chi connectivity index (χ1n) is 7.75. The van der Waals surface area contributed by atoms with Crippen molar-refractivity contribution in [3.63, 3.8) is 0 Å². The third-order valence-corrected chi connectivity index (χ3v) is 3.79. The summed E-state index contributed by atoms with van der Waals surface area (Å²) in [5, 5.41) is 2.84. The molecule has 0 unspecified atom stereocenters. The summed E-state index contributed by atoms with van der Waals surface area (Å²) in [6.07, 6.45) is 4.08. The Bertz CT molecular complexity index is 929. The molecule has 3 rings (SSSR count). The smallest absolute Gasteiger partial charge is 0.256 e. The lowest BCUT2D eigenvalue weighted by molar-refractivity contribution is -0.118. The molecule has 1 aromatic heterocycles. The summed E-state index contributed by atoms with van der Waals surface area (Å²) in [5.74, 6) is 6.03. The minimum atomic E-state index is -0.385. The number of hydrogen-bond donors (Lipinski definition) is 3. The summed E-state index contributed by atoms with van der Waals surface area (Å²) in [6.45, 7) is 0. The van der Waals surface area contributed by atoms with E-state index in [0.29, 0.717) is 29.1 Å². The molecule has 0 aliphatic carbocycles. The van der Waals surface area contributed by atoms with Gasteiger partial charge in [-0.15, -0.1) is 0 Å². The number of nitrogens with two attached hydrogens (primary N) is 1. The second-order valence-corrected chi connectivity index (χ2v) is 5.47. The van der Waals surface area contributed by atoms with E-state index >= 15 is 0 Å². The van der Waals surface area contributed by atoms with E-state index in [9.17, 15) is 9.59 Å². The van der Waals surface area contributed by atoms with Gasteiger partial charge in [0.1, 0.15) is 5.75 Å². The Balaban J connectivity index is 2.00. The number of aromatic nitrogens is 1. The molecule has 0 saturated carbocycles. The minimum Gasteiger partial charge on any atom is -0.495 e. The first-order chi connectivity index (χ1) is 12.1. The topological polar surface area (TPSA) is 97.2 Å². The Kier molecular flexibility index (Phi) is 4.57. The molecule has 4 N–H and O–H groups in total. The number of carbonyl (C=O) groups is 2. The number of anilines is 1. The third kappa shape index (κ3) is 3.40. The van der Waals surface area contributed by atoms with Crippen molar-refractivity contribution in [1.82, 2.24) is 4.98 Å². The summed E-state index contributed by atoms with van der Waals surface area (Å²) in [4.78, 5) is 26.2. The molecule has 6 nitrogen and oxygen atoms in total. The van der Waals surface area contributed by atoms with E-state index in [4.69, 9.17) is 10.5 Å².